The zero-order chi connectivity index (χ0) is 19.1. The molecule has 1 aromatic heterocycles. The minimum atomic E-state index is 0.0763. The molecule has 0 radical (unpaired) electrons. The van der Waals surface area contributed by atoms with Crippen LogP contribution in [0.2, 0.25) is 0 Å². The first-order chi connectivity index (χ1) is 13.1. The normalized spacial score (nSPS) is 10.6. The number of carbonyl (C=O) groups excluding carboxylic acids is 1. The fourth-order valence-corrected chi connectivity index (χ4v) is 3.48. The Labute approximate surface area is 164 Å². The van der Waals surface area contributed by atoms with Crippen molar-refractivity contribution in [3.63, 3.8) is 0 Å². The Hall–Kier alpha value is -2.66. The largest absolute Gasteiger partial charge is 0.497 e. The van der Waals surface area contributed by atoms with Crippen molar-refractivity contribution < 1.29 is 9.53 Å². The van der Waals surface area contributed by atoms with E-state index in [1.165, 1.54) is 5.56 Å². The summed E-state index contributed by atoms with van der Waals surface area (Å²) in [6, 6.07) is 16.2. The Bertz CT molecular complexity index is 887. The van der Waals surface area contributed by atoms with Crippen molar-refractivity contribution in [2.24, 2.45) is 0 Å². The van der Waals surface area contributed by atoms with Gasteiger partial charge in [-0.1, -0.05) is 36.4 Å². The summed E-state index contributed by atoms with van der Waals surface area (Å²) in [7, 11) is 1.65. The Morgan fingerprint density at radius 1 is 1.11 bits per heavy atom. The van der Waals surface area contributed by atoms with Gasteiger partial charge in [-0.3, -0.25) is 4.79 Å². The zero-order valence-electron chi connectivity index (χ0n) is 15.7. The highest BCUT2D eigenvalue weighted by atomic mass is 32.1. The second kappa shape index (κ2) is 9.33. The highest BCUT2D eigenvalue weighted by Crippen LogP contribution is 2.21. The summed E-state index contributed by atoms with van der Waals surface area (Å²) < 4.78 is 5.21. The van der Waals surface area contributed by atoms with E-state index in [2.05, 4.69) is 39.9 Å². The van der Waals surface area contributed by atoms with Gasteiger partial charge in [-0.05, 0) is 43.0 Å². The minimum absolute atomic E-state index is 0.0763. The van der Waals surface area contributed by atoms with E-state index in [4.69, 9.17) is 4.74 Å². The summed E-state index contributed by atoms with van der Waals surface area (Å²) in [5, 5.41) is 6.15. The molecule has 0 spiro atoms. The van der Waals surface area contributed by atoms with E-state index < -0.39 is 0 Å². The van der Waals surface area contributed by atoms with Crippen molar-refractivity contribution >= 4 is 17.2 Å². The Morgan fingerprint density at radius 3 is 2.63 bits per heavy atom. The first-order valence-electron chi connectivity index (χ1n) is 9.05. The lowest BCUT2D eigenvalue weighted by atomic mass is 10.1. The number of amides is 1. The van der Waals surface area contributed by atoms with E-state index in [-0.39, 0.29) is 5.91 Å². The van der Waals surface area contributed by atoms with Crippen LogP contribution in [0.1, 0.15) is 22.6 Å². The van der Waals surface area contributed by atoms with Gasteiger partial charge >= 0.3 is 0 Å². The van der Waals surface area contributed by atoms with Crippen LogP contribution in [0.5, 0.6) is 5.75 Å². The van der Waals surface area contributed by atoms with Gasteiger partial charge in [0, 0.05) is 23.9 Å². The van der Waals surface area contributed by atoms with Crippen molar-refractivity contribution in [2.45, 2.75) is 26.2 Å². The number of methoxy groups -OCH3 is 1. The molecule has 0 aliphatic carbocycles. The molecule has 1 heterocycles. The van der Waals surface area contributed by atoms with Crippen LogP contribution in [0, 0.1) is 6.92 Å². The van der Waals surface area contributed by atoms with Gasteiger partial charge in [-0.2, -0.15) is 0 Å². The Morgan fingerprint density at radius 2 is 1.93 bits per heavy atom. The Kier molecular flexibility index (Phi) is 6.60. The van der Waals surface area contributed by atoms with Crippen LogP contribution in [-0.2, 0) is 17.6 Å². The van der Waals surface area contributed by atoms with Gasteiger partial charge < -0.3 is 10.1 Å². The van der Waals surface area contributed by atoms with Gasteiger partial charge in [0.2, 0.25) is 5.91 Å². The van der Waals surface area contributed by atoms with E-state index in [0.29, 0.717) is 19.4 Å². The average molecular weight is 381 g/mol. The van der Waals surface area contributed by atoms with Gasteiger partial charge in [0.1, 0.15) is 5.75 Å². The minimum Gasteiger partial charge on any atom is -0.497 e. The third kappa shape index (κ3) is 5.66. The van der Waals surface area contributed by atoms with Gasteiger partial charge in [0.15, 0.2) is 0 Å². The molecule has 0 bridgehead atoms. The number of hydrogen-bond donors (Lipinski definition) is 1. The second-order valence-corrected chi connectivity index (χ2v) is 7.46. The fraction of sp³-hybridized carbons (Fsp3) is 0.273. The molecule has 3 rings (SSSR count). The van der Waals surface area contributed by atoms with Crippen molar-refractivity contribution in [2.75, 3.05) is 13.7 Å². The molecule has 0 atom stereocenters. The van der Waals surface area contributed by atoms with E-state index in [0.717, 1.165) is 34.0 Å². The molecule has 0 saturated heterocycles. The lowest BCUT2D eigenvalue weighted by Crippen LogP contribution is -2.25. The van der Waals surface area contributed by atoms with Crippen LogP contribution in [0.25, 0.3) is 11.3 Å². The summed E-state index contributed by atoms with van der Waals surface area (Å²) in [5.41, 5.74) is 4.47. The van der Waals surface area contributed by atoms with Crippen LogP contribution in [0.3, 0.4) is 0 Å². The maximum atomic E-state index is 12.1. The second-order valence-electron chi connectivity index (χ2n) is 6.40. The number of carbonyl (C=O) groups is 1. The molecule has 0 aliphatic rings. The lowest BCUT2D eigenvalue weighted by Gasteiger charge is -2.07. The monoisotopic (exact) mass is 380 g/mol. The smallest absolute Gasteiger partial charge is 0.220 e. The number of aromatic nitrogens is 1. The van der Waals surface area contributed by atoms with Gasteiger partial charge in [0.25, 0.3) is 0 Å². The third-order valence-electron chi connectivity index (χ3n) is 4.38. The average Bonchev–Trinajstić information content (AvgIpc) is 3.13. The number of rotatable bonds is 8. The van der Waals surface area contributed by atoms with Crippen LogP contribution in [0.15, 0.2) is 53.9 Å². The number of benzene rings is 2. The number of thiazole rings is 1. The summed E-state index contributed by atoms with van der Waals surface area (Å²) in [5.74, 6) is 0.900. The number of nitrogens with zero attached hydrogens (tertiary/aromatic N) is 1. The number of aryl methyl sites for hydroxylation is 2. The van der Waals surface area contributed by atoms with Crippen LogP contribution in [-0.4, -0.2) is 24.5 Å². The molecule has 0 unspecified atom stereocenters. The molecule has 4 nitrogen and oxygen atoms in total. The number of hydrogen-bond acceptors (Lipinski definition) is 4. The highest BCUT2D eigenvalue weighted by Gasteiger charge is 2.05. The molecule has 140 valence electrons. The SMILES string of the molecule is COc1cccc(CCC(=O)NCCc2ccc(-c3csc(C)n3)cc2)c1. The van der Waals surface area contributed by atoms with Crippen molar-refractivity contribution in [3.05, 3.63) is 70.0 Å². The predicted octanol–water partition coefficient (Wildman–Crippen LogP) is 4.42. The molecule has 2 aromatic carbocycles. The molecule has 5 heteroatoms. The van der Waals surface area contributed by atoms with Crippen LogP contribution < -0.4 is 10.1 Å². The molecular formula is C22H24N2O2S. The van der Waals surface area contributed by atoms with E-state index in [1.807, 2.05) is 31.2 Å². The van der Waals surface area contributed by atoms with E-state index in [9.17, 15) is 4.79 Å². The van der Waals surface area contributed by atoms with Crippen molar-refractivity contribution in [1.29, 1.82) is 0 Å². The molecule has 3 aromatic rings. The third-order valence-corrected chi connectivity index (χ3v) is 5.15. The summed E-state index contributed by atoms with van der Waals surface area (Å²) in [6.45, 7) is 2.66. The van der Waals surface area contributed by atoms with Crippen molar-refractivity contribution in [1.82, 2.24) is 10.3 Å². The Balaban J connectivity index is 1.41. The number of nitrogens with one attached hydrogen (secondary N) is 1. The predicted molar refractivity (Wildman–Crippen MR) is 110 cm³/mol. The van der Waals surface area contributed by atoms with Crippen molar-refractivity contribution in [3.8, 4) is 17.0 Å². The maximum Gasteiger partial charge on any atom is 0.220 e. The van der Waals surface area contributed by atoms with Gasteiger partial charge in [0.05, 0.1) is 17.8 Å². The molecule has 0 saturated carbocycles. The molecule has 27 heavy (non-hydrogen) atoms. The molecule has 0 aliphatic heterocycles. The maximum absolute atomic E-state index is 12.1. The first kappa shape index (κ1) is 19.1. The van der Waals surface area contributed by atoms with Crippen LogP contribution in [0.4, 0.5) is 0 Å². The quantitative estimate of drug-likeness (QED) is 0.629. The van der Waals surface area contributed by atoms with Gasteiger partial charge in [-0.25, -0.2) is 4.98 Å². The van der Waals surface area contributed by atoms with Crippen LogP contribution >= 0.6 is 11.3 Å². The summed E-state index contributed by atoms with van der Waals surface area (Å²) >= 11 is 1.66. The lowest BCUT2D eigenvalue weighted by molar-refractivity contribution is -0.121. The highest BCUT2D eigenvalue weighted by molar-refractivity contribution is 7.09. The zero-order valence-corrected chi connectivity index (χ0v) is 16.5. The fourth-order valence-electron chi connectivity index (χ4n) is 2.86. The summed E-state index contributed by atoms with van der Waals surface area (Å²) in [6.07, 6.45) is 2.02. The standard InChI is InChI=1S/C22H24N2O2S/c1-16-24-21(15-27-16)19-9-6-17(7-10-19)12-13-23-22(25)11-8-18-4-3-5-20(14-18)26-2/h3-7,9-10,14-15H,8,11-13H2,1-2H3,(H,23,25). The number of ether oxygens (including phenoxy) is 1. The first-order valence-corrected chi connectivity index (χ1v) is 9.93. The van der Waals surface area contributed by atoms with E-state index >= 15 is 0 Å². The molecule has 1 amide bonds. The molecule has 0 fully saturated rings. The topological polar surface area (TPSA) is 51.2 Å². The van der Waals surface area contributed by atoms with E-state index in [1.54, 1.807) is 18.4 Å². The van der Waals surface area contributed by atoms with Gasteiger partial charge in [-0.15, -0.1) is 11.3 Å². The molecule has 1 N–H and O–H groups in total. The molecular weight excluding hydrogens is 356 g/mol. The summed E-state index contributed by atoms with van der Waals surface area (Å²) in [4.78, 5) is 16.6.